The van der Waals surface area contributed by atoms with Crippen LogP contribution in [0.2, 0.25) is 0 Å². The summed E-state index contributed by atoms with van der Waals surface area (Å²) in [5, 5.41) is 0.988. The first-order chi connectivity index (χ1) is 8.42. The second kappa shape index (κ2) is 4.47. The molecule has 0 amide bonds. The van der Waals surface area contributed by atoms with Gasteiger partial charge in [-0.05, 0) is 23.8 Å². The van der Waals surface area contributed by atoms with Gasteiger partial charge in [0.05, 0.1) is 0 Å². The molecule has 17 heavy (non-hydrogen) atoms. The molecule has 0 spiro atoms. The number of nitrogens with zero attached hydrogens (tertiary/aromatic N) is 2. The molecule has 0 atom stereocenters. The van der Waals surface area contributed by atoms with Crippen molar-refractivity contribution in [3.63, 3.8) is 0 Å². The van der Waals surface area contributed by atoms with Crippen LogP contribution in [0.25, 0.3) is 22.5 Å². The molecule has 0 aliphatic heterocycles. The van der Waals surface area contributed by atoms with Gasteiger partial charge in [0.1, 0.15) is 15.4 Å². The minimum atomic E-state index is 0.963. The smallest absolute Gasteiger partial charge is 0.143 e. The maximum atomic E-state index is 4.50. The standard InChI is InChI=1S/C14H10N2S/c1-2-5-11(6-3-1)8-9-13-16-12-7-4-10-15-14(12)17-13/h1-10H/b9-8+. The normalized spacial score (nSPS) is 11.3. The first-order valence-corrected chi connectivity index (χ1v) is 6.18. The summed E-state index contributed by atoms with van der Waals surface area (Å²) < 4.78 is 0. The highest BCUT2D eigenvalue weighted by molar-refractivity contribution is 7.18. The van der Waals surface area contributed by atoms with Gasteiger partial charge in [-0.15, -0.1) is 0 Å². The van der Waals surface area contributed by atoms with Gasteiger partial charge < -0.3 is 0 Å². The quantitative estimate of drug-likeness (QED) is 0.677. The van der Waals surface area contributed by atoms with E-state index in [2.05, 4.69) is 28.2 Å². The lowest BCUT2D eigenvalue weighted by atomic mass is 10.2. The van der Waals surface area contributed by atoms with Crippen LogP contribution in [0, 0.1) is 0 Å². The van der Waals surface area contributed by atoms with Gasteiger partial charge in [-0.1, -0.05) is 47.7 Å². The van der Waals surface area contributed by atoms with Crippen molar-refractivity contribution in [3.8, 4) is 0 Å². The second-order valence-corrected chi connectivity index (χ2v) is 4.63. The van der Waals surface area contributed by atoms with Crippen molar-refractivity contribution in [2.75, 3.05) is 0 Å². The third kappa shape index (κ3) is 2.24. The number of aromatic nitrogens is 2. The molecule has 1 aromatic carbocycles. The third-order valence-electron chi connectivity index (χ3n) is 2.40. The number of benzene rings is 1. The van der Waals surface area contributed by atoms with E-state index in [-0.39, 0.29) is 0 Å². The van der Waals surface area contributed by atoms with E-state index in [0.29, 0.717) is 0 Å². The first-order valence-electron chi connectivity index (χ1n) is 5.36. The fourth-order valence-electron chi connectivity index (χ4n) is 1.59. The molecule has 0 N–H and O–H groups in total. The molecule has 3 heteroatoms. The maximum Gasteiger partial charge on any atom is 0.143 e. The Morgan fingerprint density at radius 3 is 2.65 bits per heavy atom. The van der Waals surface area contributed by atoms with Crippen LogP contribution in [0.4, 0.5) is 0 Å². The van der Waals surface area contributed by atoms with Gasteiger partial charge in [0.15, 0.2) is 0 Å². The largest absolute Gasteiger partial charge is 0.244 e. The average Bonchev–Trinajstić information content (AvgIpc) is 2.80. The van der Waals surface area contributed by atoms with E-state index in [0.717, 1.165) is 15.4 Å². The topological polar surface area (TPSA) is 25.8 Å². The highest BCUT2D eigenvalue weighted by atomic mass is 32.1. The number of rotatable bonds is 2. The molecule has 0 fully saturated rings. The molecule has 2 heterocycles. The van der Waals surface area contributed by atoms with Gasteiger partial charge in [-0.2, -0.15) is 0 Å². The summed E-state index contributed by atoms with van der Waals surface area (Å²) in [4.78, 5) is 9.76. The van der Waals surface area contributed by atoms with Crippen LogP contribution in [0.5, 0.6) is 0 Å². The number of hydrogen-bond donors (Lipinski definition) is 0. The van der Waals surface area contributed by atoms with Crippen molar-refractivity contribution in [1.82, 2.24) is 9.97 Å². The molecule has 0 bridgehead atoms. The summed E-state index contributed by atoms with van der Waals surface area (Å²) in [7, 11) is 0. The SMILES string of the molecule is C(=C\c1nc2cccnc2s1)/c1ccccc1. The van der Waals surface area contributed by atoms with Gasteiger partial charge in [0.25, 0.3) is 0 Å². The van der Waals surface area contributed by atoms with Crippen molar-refractivity contribution in [2.45, 2.75) is 0 Å². The number of pyridine rings is 1. The van der Waals surface area contributed by atoms with E-state index >= 15 is 0 Å². The zero-order valence-corrected chi connectivity index (χ0v) is 9.89. The zero-order chi connectivity index (χ0) is 11.5. The highest BCUT2D eigenvalue weighted by Crippen LogP contribution is 2.20. The summed E-state index contributed by atoms with van der Waals surface area (Å²) in [6, 6.07) is 14.1. The molecule has 0 saturated carbocycles. The minimum Gasteiger partial charge on any atom is -0.244 e. The van der Waals surface area contributed by atoms with E-state index in [1.54, 1.807) is 17.5 Å². The lowest BCUT2D eigenvalue weighted by Gasteiger charge is -1.89. The third-order valence-corrected chi connectivity index (χ3v) is 3.35. The van der Waals surface area contributed by atoms with Crippen LogP contribution >= 0.6 is 11.3 Å². The number of thiazole rings is 1. The lowest BCUT2D eigenvalue weighted by molar-refractivity contribution is 1.40. The van der Waals surface area contributed by atoms with Crippen LogP contribution in [0.3, 0.4) is 0 Å². The Hall–Kier alpha value is -2.00. The van der Waals surface area contributed by atoms with Crippen LogP contribution in [0.15, 0.2) is 48.7 Å². The van der Waals surface area contributed by atoms with E-state index in [1.807, 2.05) is 36.4 Å². The second-order valence-electron chi connectivity index (χ2n) is 3.62. The summed E-state index contributed by atoms with van der Waals surface area (Å²) >= 11 is 1.61. The van der Waals surface area contributed by atoms with Crippen molar-refractivity contribution < 1.29 is 0 Å². The summed E-state index contributed by atoms with van der Waals surface area (Å²) in [6.07, 6.45) is 5.89. The Balaban J connectivity index is 1.92. The Kier molecular flexibility index (Phi) is 2.68. The fraction of sp³-hybridized carbons (Fsp3) is 0. The molecule has 2 nitrogen and oxygen atoms in total. The molecule has 0 unspecified atom stereocenters. The fourth-order valence-corrected chi connectivity index (χ4v) is 2.40. The lowest BCUT2D eigenvalue weighted by Crippen LogP contribution is -1.71. The molecular weight excluding hydrogens is 228 g/mol. The van der Waals surface area contributed by atoms with Crippen molar-refractivity contribution >= 4 is 33.8 Å². The van der Waals surface area contributed by atoms with Gasteiger partial charge >= 0.3 is 0 Å². The Morgan fingerprint density at radius 1 is 0.941 bits per heavy atom. The molecule has 82 valence electrons. The van der Waals surface area contributed by atoms with Crippen LogP contribution < -0.4 is 0 Å². The minimum absolute atomic E-state index is 0.963. The number of hydrogen-bond acceptors (Lipinski definition) is 3. The van der Waals surface area contributed by atoms with Crippen LogP contribution in [-0.4, -0.2) is 9.97 Å². The summed E-state index contributed by atoms with van der Waals surface area (Å²) in [6.45, 7) is 0. The monoisotopic (exact) mass is 238 g/mol. The Bertz CT molecular complexity index is 623. The highest BCUT2D eigenvalue weighted by Gasteiger charge is 2.00. The van der Waals surface area contributed by atoms with Crippen LogP contribution in [0.1, 0.15) is 10.6 Å². The molecule has 3 aromatic rings. The average molecular weight is 238 g/mol. The molecule has 0 radical (unpaired) electrons. The molecule has 2 aromatic heterocycles. The van der Waals surface area contributed by atoms with Gasteiger partial charge in [-0.3, -0.25) is 0 Å². The van der Waals surface area contributed by atoms with E-state index in [1.165, 1.54) is 5.56 Å². The molecule has 0 aliphatic carbocycles. The summed E-state index contributed by atoms with van der Waals surface area (Å²) in [5.74, 6) is 0. The predicted octanol–water partition coefficient (Wildman–Crippen LogP) is 3.86. The van der Waals surface area contributed by atoms with E-state index in [9.17, 15) is 0 Å². The van der Waals surface area contributed by atoms with Crippen molar-refractivity contribution in [2.24, 2.45) is 0 Å². The molecule has 3 rings (SSSR count). The number of fused-ring (bicyclic) bond motifs is 1. The molecule has 0 aliphatic rings. The van der Waals surface area contributed by atoms with Crippen molar-refractivity contribution in [1.29, 1.82) is 0 Å². The van der Waals surface area contributed by atoms with Crippen LogP contribution in [-0.2, 0) is 0 Å². The molecule has 0 saturated heterocycles. The Morgan fingerprint density at radius 2 is 1.82 bits per heavy atom. The zero-order valence-electron chi connectivity index (χ0n) is 9.08. The van der Waals surface area contributed by atoms with Crippen molar-refractivity contribution in [3.05, 3.63) is 59.2 Å². The van der Waals surface area contributed by atoms with E-state index < -0.39 is 0 Å². The molecular formula is C14H10N2S. The van der Waals surface area contributed by atoms with Gasteiger partial charge in [-0.25, -0.2) is 9.97 Å². The maximum absolute atomic E-state index is 4.50. The predicted molar refractivity (Wildman–Crippen MR) is 72.8 cm³/mol. The van der Waals surface area contributed by atoms with Gasteiger partial charge in [0, 0.05) is 6.20 Å². The van der Waals surface area contributed by atoms with E-state index in [4.69, 9.17) is 0 Å². The first kappa shape index (κ1) is 10.2. The summed E-state index contributed by atoms with van der Waals surface area (Å²) in [5.41, 5.74) is 2.14. The van der Waals surface area contributed by atoms with Gasteiger partial charge in [0.2, 0.25) is 0 Å². The Labute approximate surface area is 103 Å².